The first kappa shape index (κ1) is 17.9. The molecule has 0 fully saturated rings. The van der Waals surface area contributed by atoms with Gasteiger partial charge in [-0.05, 0) is 17.7 Å². The van der Waals surface area contributed by atoms with E-state index < -0.39 is 11.2 Å². The molecule has 0 spiro atoms. The molecule has 0 atom stereocenters. The average Bonchev–Trinajstić information content (AvgIpc) is 2.98. The van der Waals surface area contributed by atoms with Crippen LogP contribution in [-0.2, 0) is 32.0 Å². The summed E-state index contributed by atoms with van der Waals surface area (Å²) in [5, 5.41) is 0.579. The lowest BCUT2D eigenvalue weighted by atomic mass is 10.2. The summed E-state index contributed by atoms with van der Waals surface area (Å²) in [6.45, 7) is -0.0217. The van der Waals surface area contributed by atoms with Crippen molar-refractivity contribution in [3.63, 3.8) is 0 Å². The van der Waals surface area contributed by atoms with Crippen LogP contribution < -0.4 is 11.2 Å². The maximum absolute atomic E-state index is 12.6. The predicted molar refractivity (Wildman–Crippen MR) is 98.1 cm³/mol. The fourth-order valence-electron chi connectivity index (χ4n) is 2.79. The van der Waals surface area contributed by atoms with Gasteiger partial charge in [0, 0.05) is 32.7 Å². The van der Waals surface area contributed by atoms with Gasteiger partial charge in [-0.2, -0.15) is 0 Å². The van der Waals surface area contributed by atoms with Gasteiger partial charge < -0.3 is 9.47 Å². The number of fused-ring (bicyclic) bond motifs is 1. The molecule has 136 valence electrons. The van der Waals surface area contributed by atoms with Crippen LogP contribution in [0.3, 0.4) is 0 Å². The van der Waals surface area contributed by atoms with E-state index in [4.69, 9.17) is 11.6 Å². The van der Waals surface area contributed by atoms with Crippen LogP contribution in [0.5, 0.6) is 0 Å². The van der Waals surface area contributed by atoms with Crippen LogP contribution >= 0.6 is 11.6 Å². The molecule has 0 unspecified atom stereocenters. The minimum atomic E-state index is -0.578. The summed E-state index contributed by atoms with van der Waals surface area (Å²) in [4.78, 5) is 43.2. The highest BCUT2D eigenvalue weighted by molar-refractivity contribution is 6.30. The van der Waals surface area contributed by atoms with E-state index in [-0.39, 0.29) is 18.0 Å². The third-order valence-corrected chi connectivity index (χ3v) is 4.46. The van der Waals surface area contributed by atoms with E-state index in [1.54, 1.807) is 32.3 Å². The Bertz CT molecular complexity index is 1110. The highest BCUT2D eigenvalue weighted by Gasteiger charge is 2.18. The van der Waals surface area contributed by atoms with Crippen molar-refractivity contribution < 1.29 is 4.79 Å². The van der Waals surface area contributed by atoms with E-state index in [1.807, 2.05) is 6.07 Å². The van der Waals surface area contributed by atoms with Crippen molar-refractivity contribution in [3.8, 4) is 0 Å². The Morgan fingerprint density at radius 1 is 1.27 bits per heavy atom. The van der Waals surface area contributed by atoms with Gasteiger partial charge in [0.15, 0.2) is 11.2 Å². The molecule has 0 saturated heterocycles. The van der Waals surface area contributed by atoms with Gasteiger partial charge in [0.2, 0.25) is 5.91 Å². The molecular weight excluding hydrogens is 358 g/mol. The Balaban J connectivity index is 1.91. The molecule has 3 rings (SSSR count). The summed E-state index contributed by atoms with van der Waals surface area (Å²) >= 11 is 5.95. The van der Waals surface area contributed by atoms with Gasteiger partial charge in [-0.1, -0.05) is 23.7 Å². The molecule has 9 heteroatoms. The lowest BCUT2D eigenvalue weighted by Gasteiger charge is -2.18. The summed E-state index contributed by atoms with van der Waals surface area (Å²) in [6.07, 6.45) is 1.46. The van der Waals surface area contributed by atoms with Crippen molar-refractivity contribution >= 4 is 28.7 Å². The summed E-state index contributed by atoms with van der Waals surface area (Å²) in [6, 6.07) is 7.16. The van der Waals surface area contributed by atoms with Crippen LogP contribution in [0.2, 0.25) is 5.02 Å². The number of aromatic nitrogens is 4. The minimum Gasteiger partial charge on any atom is -0.340 e. The molecule has 0 aliphatic carbocycles. The third kappa shape index (κ3) is 3.15. The van der Waals surface area contributed by atoms with Gasteiger partial charge >= 0.3 is 5.69 Å². The fourth-order valence-corrected chi connectivity index (χ4v) is 3.00. The number of hydrogen-bond donors (Lipinski definition) is 0. The maximum atomic E-state index is 12.6. The Kier molecular flexibility index (Phi) is 4.69. The van der Waals surface area contributed by atoms with Crippen LogP contribution in [0.15, 0.2) is 40.2 Å². The van der Waals surface area contributed by atoms with Gasteiger partial charge in [-0.3, -0.25) is 14.2 Å². The Morgan fingerprint density at radius 2 is 2.00 bits per heavy atom. The smallest absolute Gasteiger partial charge is 0.332 e. The van der Waals surface area contributed by atoms with Gasteiger partial charge in [0.1, 0.15) is 6.54 Å². The van der Waals surface area contributed by atoms with Crippen molar-refractivity contribution in [2.75, 3.05) is 7.05 Å². The molecule has 0 bridgehead atoms. The predicted octanol–water partition coefficient (Wildman–Crippen LogP) is 0.746. The molecule has 0 aliphatic rings. The summed E-state index contributed by atoms with van der Waals surface area (Å²) in [5.74, 6) is -0.356. The van der Waals surface area contributed by atoms with E-state index in [1.165, 1.54) is 27.4 Å². The number of hydrogen-bond acceptors (Lipinski definition) is 4. The van der Waals surface area contributed by atoms with Crippen LogP contribution in [0, 0.1) is 0 Å². The number of rotatable bonds is 4. The van der Waals surface area contributed by atoms with Crippen LogP contribution in [0.25, 0.3) is 11.2 Å². The summed E-state index contributed by atoms with van der Waals surface area (Å²) in [5.41, 5.74) is 0.310. The van der Waals surface area contributed by atoms with Crippen molar-refractivity contribution in [1.29, 1.82) is 0 Å². The zero-order chi connectivity index (χ0) is 19.0. The first-order chi connectivity index (χ1) is 12.3. The van der Waals surface area contributed by atoms with Gasteiger partial charge in [0.05, 0.1) is 6.33 Å². The number of nitrogens with zero attached hydrogens (tertiary/aromatic N) is 5. The lowest BCUT2D eigenvalue weighted by molar-refractivity contribution is -0.131. The normalized spacial score (nSPS) is 11.1. The second kappa shape index (κ2) is 6.80. The highest BCUT2D eigenvalue weighted by Crippen LogP contribution is 2.12. The first-order valence-electron chi connectivity index (χ1n) is 7.89. The number of carbonyl (C=O) groups is 1. The zero-order valence-corrected chi connectivity index (χ0v) is 15.4. The van der Waals surface area contributed by atoms with Crippen LogP contribution in [-0.4, -0.2) is 36.5 Å². The van der Waals surface area contributed by atoms with Gasteiger partial charge in [-0.15, -0.1) is 0 Å². The van der Waals surface area contributed by atoms with E-state index in [0.717, 1.165) is 10.1 Å². The minimum absolute atomic E-state index is 0.275. The fraction of sp³-hybridized carbons (Fsp3) is 0.294. The topological polar surface area (TPSA) is 82.1 Å². The van der Waals surface area contributed by atoms with E-state index in [2.05, 4.69) is 4.98 Å². The lowest BCUT2D eigenvalue weighted by Crippen LogP contribution is -2.43. The molecule has 0 saturated carbocycles. The highest BCUT2D eigenvalue weighted by atomic mass is 35.5. The second-order valence-corrected chi connectivity index (χ2v) is 6.58. The number of amides is 1. The number of carbonyl (C=O) groups excluding carboxylic acids is 1. The van der Waals surface area contributed by atoms with E-state index in [0.29, 0.717) is 17.2 Å². The Morgan fingerprint density at radius 3 is 2.69 bits per heavy atom. The largest absolute Gasteiger partial charge is 0.340 e. The summed E-state index contributed by atoms with van der Waals surface area (Å²) in [7, 11) is 4.80. The number of likely N-dealkylation sites (N-methyl/N-ethyl adjacent to an activating group) is 1. The monoisotopic (exact) mass is 375 g/mol. The van der Waals surface area contributed by atoms with Crippen LogP contribution in [0.1, 0.15) is 5.56 Å². The van der Waals surface area contributed by atoms with E-state index >= 15 is 0 Å². The number of imidazole rings is 1. The van der Waals surface area contributed by atoms with Gasteiger partial charge in [-0.25, -0.2) is 14.3 Å². The molecule has 0 N–H and O–H groups in total. The molecule has 1 aromatic carbocycles. The Hall–Kier alpha value is -2.87. The SMILES string of the molecule is CN(Cc1cccc(Cl)c1)C(=O)Cn1c(=O)c2c(ncn2C)n(C)c1=O. The average molecular weight is 376 g/mol. The third-order valence-electron chi connectivity index (χ3n) is 4.23. The van der Waals surface area contributed by atoms with Crippen molar-refractivity contribution in [1.82, 2.24) is 23.6 Å². The number of halogens is 1. The second-order valence-electron chi connectivity index (χ2n) is 6.14. The molecule has 2 heterocycles. The molecule has 1 amide bonds. The maximum Gasteiger partial charge on any atom is 0.332 e. The number of aryl methyl sites for hydroxylation is 2. The zero-order valence-electron chi connectivity index (χ0n) is 14.6. The van der Waals surface area contributed by atoms with Gasteiger partial charge in [0.25, 0.3) is 5.56 Å². The van der Waals surface area contributed by atoms with E-state index in [9.17, 15) is 14.4 Å². The number of benzene rings is 1. The molecule has 8 nitrogen and oxygen atoms in total. The molecule has 0 aliphatic heterocycles. The molecular formula is C17H18ClN5O3. The summed E-state index contributed by atoms with van der Waals surface area (Å²) < 4.78 is 3.73. The quantitative estimate of drug-likeness (QED) is 0.673. The Labute approximate surface area is 153 Å². The van der Waals surface area contributed by atoms with Crippen molar-refractivity contribution in [3.05, 3.63) is 62.0 Å². The van der Waals surface area contributed by atoms with Crippen LogP contribution in [0.4, 0.5) is 0 Å². The molecule has 3 aromatic rings. The molecule has 0 radical (unpaired) electrons. The van der Waals surface area contributed by atoms with Crippen molar-refractivity contribution in [2.24, 2.45) is 14.1 Å². The molecule has 26 heavy (non-hydrogen) atoms. The molecule has 2 aromatic heterocycles. The van der Waals surface area contributed by atoms with Crippen molar-refractivity contribution in [2.45, 2.75) is 13.1 Å². The first-order valence-corrected chi connectivity index (χ1v) is 8.26. The standard InChI is InChI=1S/C17H18ClN5O3/c1-20(8-11-5-4-6-12(18)7-11)13(24)9-23-16(25)14-15(19-10-21(14)2)22(3)17(23)26/h4-7,10H,8-9H2,1-3H3.